The molecule has 29 heavy (non-hydrogen) atoms. The third-order valence-corrected chi connectivity index (χ3v) is 4.86. The highest BCUT2D eigenvalue weighted by atomic mass is 16.2. The Kier molecular flexibility index (Phi) is 5.37. The van der Waals surface area contributed by atoms with E-state index >= 15 is 0 Å². The minimum Gasteiger partial charge on any atom is -0.347 e. The first kappa shape index (κ1) is 18.9. The molecule has 0 unspecified atom stereocenters. The van der Waals surface area contributed by atoms with Crippen LogP contribution in [0.5, 0.6) is 0 Å². The monoisotopic (exact) mass is 392 g/mol. The van der Waals surface area contributed by atoms with Gasteiger partial charge in [-0.1, -0.05) is 30.3 Å². The van der Waals surface area contributed by atoms with Crippen molar-refractivity contribution in [2.75, 3.05) is 24.3 Å². The lowest BCUT2D eigenvalue weighted by atomic mass is 10.1. The number of rotatable bonds is 5. The minimum atomic E-state index is -0.266. The van der Waals surface area contributed by atoms with E-state index in [0.29, 0.717) is 18.2 Å². The van der Waals surface area contributed by atoms with Crippen LogP contribution in [0.1, 0.15) is 23.6 Å². The summed E-state index contributed by atoms with van der Waals surface area (Å²) in [5.41, 5.74) is 1.75. The van der Waals surface area contributed by atoms with Crippen molar-refractivity contribution in [2.24, 2.45) is 0 Å². The van der Waals surface area contributed by atoms with E-state index in [2.05, 4.69) is 47.5 Å². The Hall–Kier alpha value is -3.49. The van der Waals surface area contributed by atoms with Crippen molar-refractivity contribution >= 4 is 17.7 Å². The summed E-state index contributed by atoms with van der Waals surface area (Å²) in [6.07, 6.45) is 5.53. The summed E-state index contributed by atoms with van der Waals surface area (Å²) >= 11 is 0. The molecule has 0 radical (unpaired) electrons. The van der Waals surface area contributed by atoms with E-state index in [1.807, 2.05) is 32.3 Å². The molecule has 9 heteroatoms. The molecule has 3 aromatic rings. The van der Waals surface area contributed by atoms with Crippen LogP contribution >= 0.6 is 0 Å². The highest BCUT2D eigenvalue weighted by Crippen LogP contribution is 2.18. The molecule has 2 amide bonds. The van der Waals surface area contributed by atoms with E-state index in [-0.39, 0.29) is 12.1 Å². The second-order valence-electron chi connectivity index (χ2n) is 7.31. The van der Waals surface area contributed by atoms with Crippen LogP contribution in [0.25, 0.3) is 0 Å². The van der Waals surface area contributed by atoms with Gasteiger partial charge in [-0.2, -0.15) is 0 Å². The Labute approximate surface area is 169 Å². The number of urea groups is 1. The van der Waals surface area contributed by atoms with Gasteiger partial charge in [0.15, 0.2) is 0 Å². The number of anilines is 2. The van der Waals surface area contributed by atoms with E-state index in [1.54, 1.807) is 17.3 Å². The summed E-state index contributed by atoms with van der Waals surface area (Å²) in [6.45, 7) is 0.661. The first-order valence-electron chi connectivity index (χ1n) is 9.60. The lowest BCUT2D eigenvalue weighted by Crippen LogP contribution is -2.43. The van der Waals surface area contributed by atoms with Gasteiger partial charge in [-0.3, -0.25) is 0 Å². The molecular formula is C20H24N8O. The van der Waals surface area contributed by atoms with Crippen molar-refractivity contribution < 1.29 is 4.79 Å². The van der Waals surface area contributed by atoms with Gasteiger partial charge in [0.1, 0.15) is 11.6 Å². The van der Waals surface area contributed by atoms with Crippen molar-refractivity contribution in [3.05, 3.63) is 59.9 Å². The quantitative estimate of drug-likeness (QED) is 0.687. The normalized spacial score (nSPS) is 15.4. The molecular weight excluding hydrogens is 368 g/mol. The molecule has 0 bridgehead atoms. The summed E-state index contributed by atoms with van der Waals surface area (Å²) in [4.78, 5) is 22.6. The topological polar surface area (TPSA) is 101 Å². The predicted octanol–water partition coefficient (Wildman–Crippen LogP) is 1.86. The third-order valence-electron chi connectivity index (χ3n) is 4.86. The van der Waals surface area contributed by atoms with Gasteiger partial charge in [-0.25, -0.2) is 14.8 Å². The average molecular weight is 392 g/mol. The van der Waals surface area contributed by atoms with Crippen molar-refractivity contribution in [1.82, 2.24) is 30.0 Å². The van der Waals surface area contributed by atoms with Gasteiger partial charge in [-0.05, 0) is 12.0 Å². The van der Waals surface area contributed by atoms with Gasteiger partial charge < -0.3 is 20.1 Å². The largest absolute Gasteiger partial charge is 0.347 e. The molecule has 1 aliphatic rings. The third kappa shape index (κ3) is 4.50. The van der Waals surface area contributed by atoms with Crippen molar-refractivity contribution in [2.45, 2.75) is 31.8 Å². The molecule has 3 heterocycles. The lowest BCUT2D eigenvalue weighted by Gasteiger charge is -2.25. The molecule has 2 N–H and O–H groups in total. The zero-order chi connectivity index (χ0) is 20.2. The summed E-state index contributed by atoms with van der Waals surface area (Å²) in [5.74, 6) is 2.49. The number of benzene rings is 1. The molecule has 0 saturated carbocycles. The highest BCUT2D eigenvalue weighted by molar-refractivity contribution is 5.89. The molecule has 1 atom stereocenters. The summed E-state index contributed by atoms with van der Waals surface area (Å²) < 4.78 is 2.12. The average Bonchev–Trinajstić information content (AvgIpc) is 3.11. The maximum absolute atomic E-state index is 12.4. The maximum Gasteiger partial charge on any atom is 0.319 e. The molecule has 0 fully saturated rings. The Morgan fingerprint density at radius 2 is 1.93 bits per heavy atom. The van der Waals surface area contributed by atoms with E-state index in [0.717, 1.165) is 30.9 Å². The number of nitrogens with one attached hydrogen (secondary N) is 2. The van der Waals surface area contributed by atoms with Gasteiger partial charge in [0.05, 0.1) is 18.1 Å². The first-order valence-corrected chi connectivity index (χ1v) is 9.60. The van der Waals surface area contributed by atoms with Crippen LogP contribution in [0, 0.1) is 0 Å². The van der Waals surface area contributed by atoms with Gasteiger partial charge in [0.2, 0.25) is 5.95 Å². The number of aromatic nitrogens is 5. The van der Waals surface area contributed by atoms with Crippen LogP contribution in [-0.4, -0.2) is 50.9 Å². The Morgan fingerprint density at radius 3 is 2.66 bits per heavy atom. The predicted molar refractivity (Wildman–Crippen MR) is 110 cm³/mol. The molecule has 0 saturated heterocycles. The summed E-state index contributed by atoms with van der Waals surface area (Å²) in [7, 11) is 3.73. The van der Waals surface area contributed by atoms with Gasteiger partial charge in [0, 0.05) is 39.5 Å². The van der Waals surface area contributed by atoms with Gasteiger partial charge >= 0.3 is 6.03 Å². The standard InChI is InChI=1S/C20H24N8O/c1-27(2)19-21-11-16(12-22-19)24-20(29)23-15-8-9-17-25-26-18(28(17)13-15)10-14-6-4-3-5-7-14/h3-7,11-12,15H,8-10,13H2,1-2H3,(H2,23,24,29)/t15-/m1/s1. The molecule has 1 aliphatic heterocycles. The number of aryl methyl sites for hydroxylation is 1. The number of amides is 2. The number of hydrogen-bond donors (Lipinski definition) is 2. The number of fused-ring (bicyclic) bond motifs is 1. The molecule has 0 spiro atoms. The van der Waals surface area contributed by atoms with E-state index in [1.165, 1.54) is 5.56 Å². The van der Waals surface area contributed by atoms with Crippen LogP contribution < -0.4 is 15.5 Å². The van der Waals surface area contributed by atoms with Crippen molar-refractivity contribution in [1.29, 1.82) is 0 Å². The van der Waals surface area contributed by atoms with Crippen LogP contribution in [-0.2, 0) is 19.4 Å². The number of carbonyl (C=O) groups excluding carboxylic acids is 1. The molecule has 1 aromatic carbocycles. The summed E-state index contributed by atoms with van der Waals surface area (Å²) in [6, 6.07) is 9.94. The van der Waals surface area contributed by atoms with Crippen molar-refractivity contribution in [3.63, 3.8) is 0 Å². The van der Waals surface area contributed by atoms with Gasteiger partial charge in [0.25, 0.3) is 0 Å². The van der Waals surface area contributed by atoms with Crippen molar-refractivity contribution in [3.8, 4) is 0 Å². The van der Waals surface area contributed by atoms with Crippen LogP contribution in [0.2, 0.25) is 0 Å². The summed E-state index contributed by atoms with van der Waals surface area (Å²) in [5, 5.41) is 14.5. The number of carbonyl (C=O) groups is 1. The maximum atomic E-state index is 12.4. The molecule has 150 valence electrons. The Morgan fingerprint density at radius 1 is 1.17 bits per heavy atom. The Bertz CT molecular complexity index is 968. The smallest absolute Gasteiger partial charge is 0.319 e. The SMILES string of the molecule is CN(C)c1ncc(NC(=O)N[C@@H]2CCc3nnc(Cc4ccccc4)n3C2)cn1. The highest BCUT2D eigenvalue weighted by Gasteiger charge is 2.24. The fourth-order valence-corrected chi connectivity index (χ4v) is 3.38. The second kappa shape index (κ2) is 8.26. The minimum absolute atomic E-state index is 0.00925. The number of hydrogen-bond acceptors (Lipinski definition) is 6. The zero-order valence-corrected chi connectivity index (χ0v) is 16.5. The van der Waals surface area contributed by atoms with E-state index in [9.17, 15) is 4.79 Å². The molecule has 0 aliphatic carbocycles. The number of nitrogens with zero attached hydrogens (tertiary/aromatic N) is 6. The van der Waals surface area contributed by atoms with Crippen LogP contribution in [0.15, 0.2) is 42.7 Å². The van der Waals surface area contributed by atoms with E-state index < -0.39 is 0 Å². The van der Waals surface area contributed by atoms with Gasteiger partial charge in [-0.15, -0.1) is 10.2 Å². The zero-order valence-electron chi connectivity index (χ0n) is 16.5. The second-order valence-corrected chi connectivity index (χ2v) is 7.31. The lowest BCUT2D eigenvalue weighted by molar-refractivity contribution is 0.244. The first-order chi connectivity index (χ1) is 14.1. The Balaban J connectivity index is 1.37. The van der Waals surface area contributed by atoms with Crippen LogP contribution in [0.3, 0.4) is 0 Å². The van der Waals surface area contributed by atoms with Crippen LogP contribution in [0.4, 0.5) is 16.4 Å². The molecule has 4 rings (SSSR count). The molecule has 2 aromatic heterocycles. The fraction of sp³-hybridized carbons (Fsp3) is 0.350. The van der Waals surface area contributed by atoms with E-state index in [4.69, 9.17) is 0 Å². The fourth-order valence-electron chi connectivity index (χ4n) is 3.38. The molecule has 9 nitrogen and oxygen atoms in total.